The first-order chi connectivity index (χ1) is 7.34. The number of piperazine rings is 1. The second-order valence-corrected chi connectivity index (χ2v) is 4.72. The lowest BCUT2D eigenvalue weighted by molar-refractivity contribution is -0.152. The van der Waals surface area contributed by atoms with Crippen molar-refractivity contribution in [2.45, 2.75) is 19.9 Å². The third-order valence-corrected chi connectivity index (χ3v) is 2.82. The number of hydrogen-bond donors (Lipinski definition) is 3. The van der Waals surface area contributed by atoms with E-state index in [0.29, 0.717) is 19.6 Å². The Morgan fingerprint density at radius 2 is 2.06 bits per heavy atom. The zero-order chi connectivity index (χ0) is 12.3. The Kier molecular flexibility index (Phi) is 3.88. The van der Waals surface area contributed by atoms with Crippen molar-refractivity contribution in [3.05, 3.63) is 0 Å². The minimum absolute atomic E-state index is 0.251. The molecule has 1 saturated heterocycles. The number of aliphatic carboxylic acids is 2. The van der Waals surface area contributed by atoms with Crippen molar-refractivity contribution in [1.29, 1.82) is 0 Å². The van der Waals surface area contributed by atoms with Gasteiger partial charge in [-0.05, 0) is 13.8 Å². The average molecular weight is 230 g/mol. The molecule has 1 aliphatic heterocycles. The lowest BCUT2D eigenvalue weighted by atomic mass is 9.92. The van der Waals surface area contributed by atoms with E-state index in [1.807, 2.05) is 0 Å². The van der Waals surface area contributed by atoms with Gasteiger partial charge in [-0.1, -0.05) is 0 Å². The smallest absolute Gasteiger partial charge is 0.322 e. The number of carboxylic acid groups (broad SMARTS) is 2. The maximum absolute atomic E-state index is 11.0. The third-order valence-electron chi connectivity index (χ3n) is 2.82. The number of nitrogens with one attached hydrogen (secondary N) is 1. The van der Waals surface area contributed by atoms with E-state index in [1.165, 1.54) is 0 Å². The Labute approximate surface area is 94.2 Å². The zero-order valence-electron chi connectivity index (χ0n) is 9.56. The lowest BCUT2D eigenvalue weighted by Crippen LogP contribution is -2.57. The van der Waals surface area contributed by atoms with E-state index in [-0.39, 0.29) is 6.54 Å². The molecular formula is C10H18N2O4. The Bertz CT molecular complexity index is 291. The SMILES string of the molecule is CC(C)(CN1CCNCC1C(=O)O)C(=O)O. The molecule has 16 heavy (non-hydrogen) atoms. The fourth-order valence-corrected chi connectivity index (χ4v) is 1.75. The monoisotopic (exact) mass is 230 g/mol. The molecule has 1 unspecified atom stereocenters. The highest BCUT2D eigenvalue weighted by molar-refractivity contribution is 5.75. The van der Waals surface area contributed by atoms with Crippen LogP contribution in [0.15, 0.2) is 0 Å². The molecule has 1 aliphatic rings. The Hall–Kier alpha value is -1.14. The van der Waals surface area contributed by atoms with E-state index in [0.717, 1.165) is 0 Å². The highest BCUT2D eigenvalue weighted by atomic mass is 16.4. The second kappa shape index (κ2) is 4.80. The van der Waals surface area contributed by atoms with Gasteiger partial charge in [0.05, 0.1) is 5.41 Å². The summed E-state index contributed by atoms with van der Waals surface area (Å²) >= 11 is 0. The standard InChI is InChI=1S/C10H18N2O4/c1-10(2,9(15)16)6-12-4-3-11-5-7(12)8(13)14/h7,11H,3-6H2,1-2H3,(H,13,14)(H,15,16). The summed E-state index contributed by atoms with van der Waals surface area (Å²) in [6.45, 7) is 5.09. The first-order valence-electron chi connectivity index (χ1n) is 5.25. The number of hydrogen-bond acceptors (Lipinski definition) is 4. The molecule has 0 amide bonds. The first kappa shape index (κ1) is 12.9. The molecule has 1 rings (SSSR count). The minimum Gasteiger partial charge on any atom is -0.481 e. The molecule has 1 fully saturated rings. The van der Waals surface area contributed by atoms with E-state index >= 15 is 0 Å². The number of rotatable bonds is 4. The molecule has 0 aromatic rings. The quantitative estimate of drug-likeness (QED) is 0.600. The van der Waals surface area contributed by atoms with Crippen LogP contribution in [0.5, 0.6) is 0 Å². The predicted molar refractivity (Wildman–Crippen MR) is 57.3 cm³/mol. The maximum atomic E-state index is 11.0. The summed E-state index contributed by atoms with van der Waals surface area (Å²) in [7, 11) is 0. The van der Waals surface area contributed by atoms with Gasteiger partial charge in [0.1, 0.15) is 6.04 Å². The van der Waals surface area contributed by atoms with Crippen molar-refractivity contribution in [2.24, 2.45) is 5.41 Å². The largest absolute Gasteiger partial charge is 0.481 e. The van der Waals surface area contributed by atoms with E-state index in [9.17, 15) is 9.59 Å². The summed E-state index contributed by atoms with van der Waals surface area (Å²) in [6, 6.07) is -0.632. The maximum Gasteiger partial charge on any atom is 0.322 e. The van der Waals surface area contributed by atoms with Crippen LogP contribution in [0.4, 0.5) is 0 Å². The average Bonchev–Trinajstić information content (AvgIpc) is 2.17. The molecule has 0 radical (unpaired) electrons. The number of carbonyl (C=O) groups is 2. The summed E-state index contributed by atoms with van der Waals surface area (Å²) in [5.41, 5.74) is -0.926. The van der Waals surface area contributed by atoms with Crippen LogP contribution in [0.25, 0.3) is 0 Å². The molecule has 0 aromatic carbocycles. The molecule has 0 saturated carbocycles. The summed E-state index contributed by atoms with van der Waals surface area (Å²) in [5.74, 6) is -1.82. The van der Waals surface area contributed by atoms with Gasteiger partial charge in [0.15, 0.2) is 0 Å². The zero-order valence-corrected chi connectivity index (χ0v) is 9.56. The van der Waals surface area contributed by atoms with E-state index in [2.05, 4.69) is 5.32 Å². The fraction of sp³-hybridized carbons (Fsp3) is 0.800. The number of carboxylic acids is 2. The van der Waals surface area contributed by atoms with Gasteiger partial charge in [-0.3, -0.25) is 14.5 Å². The van der Waals surface area contributed by atoms with Crippen LogP contribution in [-0.4, -0.2) is 59.3 Å². The van der Waals surface area contributed by atoms with Crippen LogP contribution in [0.3, 0.4) is 0 Å². The van der Waals surface area contributed by atoms with Crippen molar-refractivity contribution >= 4 is 11.9 Å². The normalized spacial score (nSPS) is 23.0. The summed E-state index contributed by atoms with van der Waals surface area (Å²) in [4.78, 5) is 23.7. The molecule has 6 heteroatoms. The molecule has 0 bridgehead atoms. The van der Waals surface area contributed by atoms with Crippen LogP contribution < -0.4 is 5.32 Å². The molecule has 0 aromatic heterocycles. The summed E-state index contributed by atoms with van der Waals surface area (Å²) in [5, 5.41) is 21.0. The lowest BCUT2D eigenvalue weighted by Gasteiger charge is -2.37. The van der Waals surface area contributed by atoms with E-state index in [4.69, 9.17) is 10.2 Å². The van der Waals surface area contributed by atoms with Gasteiger partial charge >= 0.3 is 11.9 Å². The fourth-order valence-electron chi connectivity index (χ4n) is 1.75. The molecule has 0 aliphatic carbocycles. The van der Waals surface area contributed by atoms with Crippen LogP contribution in [0, 0.1) is 5.41 Å². The molecule has 92 valence electrons. The highest BCUT2D eigenvalue weighted by Crippen LogP contribution is 2.19. The van der Waals surface area contributed by atoms with Crippen molar-refractivity contribution in [3.8, 4) is 0 Å². The molecule has 0 spiro atoms. The van der Waals surface area contributed by atoms with E-state index in [1.54, 1.807) is 18.7 Å². The summed E-state index contributed by atoms with van der Waals surface area (Å²) in [6.07, 6.45) is 0. The van der Waals surface area contributed by atoms with Crippen LogP contribution in [-0.2, 0) is 9.59 Å². The summed E-state index contributed by atoms with van der Waals surface area (Å²) < 4.78 is 0. The highest BCUT2D eigenvalue weighted by Gasteiger charge is 2.36. The number of nitrogens with zero attached hydrogens (tertiary/aromatic N) is 1. The van der Waals surface area contributed by atoms with Gasteiger partial charge in [-0.2, -0.15) is 0 Å². The van der Waals surface area contributed by atoms with Gasteiger partial charge in [0.25, 0.3) is 0 Å². The van der Waals surface area contributed by atoms with E-state index < -0.39 is 23.4 Å². The Morgan fingerprint density at radius 3 is 2.56 bits per heavy atom. The molecule has 3 N–H and O–H groups in total. The van der Waals surface area contributed by atoms with Crippen molar-refractivity contribution in [1.82, 2.24) is 10.2 Å². The first-order valence-corrected chi connectivity index (χ1v) is 5.25. The molecular weight excluding hydrogens is 212 g/mol. The van der Waals surface area contributed by atoms with Crippen molar-refractivity contribution in [2.75, 3.05) is 26.2 Å². The van der Waals surface area contributed by atoms with Crippen molar-refractivity contribution in [3.63, 3.8) is 0 Å². The van der Waals surface area contributed by atoms with Gasteiger partial charge in [0, 0.05) is 26.2 Å². The van der Waals surface area contributed by atoms with Crippen LogP contribution in [0.2, 0.25) is 0 Å². The third kappa shape index (κ3) is 2.93. The van der Waals surface area contributed by atoms with Gasteiger partial charge < -0.3 is 15.5 Å². The molecule has 6 nitrogen and oxygen atoms in total. The van der Waals surface area contributed by atoms with Crippen LogP contribution in [0.1, 0.15) is 13.8 Å². The van der Waals surface area contributed by atoms with Crippen LogP contribution >= 0.6 is 0 Å². The Balaban J connectivity index is 2.70. The molecule has 1 heterocycles. The minimum atomic E-state index is -0.926. The van der Waals surface area contributed by atoms with Gasteiger partial charge in [-0.25, -0.2) is 0 Å². The predicted octanol–water partition coefficient (Wildman–Crippen LogP) is -0.544. The Morgan fingerprint density at radius 1 is 1.44 bits per heavy atom. The van der Waals surface area contributed by atoms with Gasteiger partial charge in [-0.15, -0.1) is 0 Å². The topological polar surface area (TPSA) is 89.9 Å². The van der Waals surface area contributed by atoms with Crippen molar-refractivity contribution < 1.29 is 19.8 Å². The molecule has 1 atom stereocenters. The van der Waals surface area contributed by atoms with Gasteiger partial charge in [0.2, 0.25) is 0 Å². The second-order valence-electron chi connectivity index (χ2n) is 4.72.